The van der Waals surface area contributed by atoms with Crippen molar-refractivity contribution in [3.63, 3.8) is 0 Å². The molecule has 90 valence electrons. The highest BCUT2D eigenvalue weighted by Gasteiger charge is 2.47. The molecule has 0 bridgehead atoms. The van der Waals surface area contributed by atoms with Crippen LogP contribution in [-0.2, 0) is 4.79 Å². The van der Waals surface area contributed by atoms with Crippen molar-refractivity contribution in [2.45, 2.75) is 27.2 Å². The quantitative estimate of drug-likeness (QED) is 0.566. The molecule has 0 saturated heterocycles. The minimum atomic E-state index is -0.377. The van der Waals surface area contributed by atoms with Crippen LogP contribution in [0.1, 0.15) is 27.2 Å². The molecule has 5 heteroatoms. The average Bonchev–Trinajstić information content (AvgIpc) is 2.24. The summed E-state index contributed by atoms with van der Waals surface area (Å²) in [6, 6.07) is -0.377. The summed E-state index contributed by atoms with van der Waals surface area (Å²) in [5.41, 5.74) is 0.514. The fourth-order valence-corrected chi connectivity index (χ4v) is 2.19. The second-order valence-electron chi connectivity index (χ2n) is 4.60. The lowest BCUT2D eigenvalue weighted by atomic mass is 10.1. The second-order valence-corrected chi connectivity index (χ2v) is 4.96. The van der Waals surface area contributed by atoms with Crippen molar-refractivity contribution in [3.8, 4) is 0 Å². The van der Waals surface area contributed by atoms with Gasteiger partial charge in [-0.3, -0.25) is 0 Å². The fraction of sp³-hybridized carbons (Fsp3) is 0.636. The predicted octanol–water partition coefficient (Wildman–Crippen LogP) is 2.50. The normalized spacial score (nSPS) is 28.1. The number of hydrogen-bond acceptors (Lipinski definition) is 2. The van der Waals surface area contributed by atoms with Gasteiger partial charge in [-0.25, -0.2) is 9.59 Å². The van der Waals surface area contributed by atoms with Gasteiger partial charge < -0.3 is 0 Å². The van der Waals surface area contributed by atoms with Gasteiger partial charge in [0.2, 0.25) is 0 Å². The van der Waals surface area contributed by atoms with E-state index in [1.165, 1.54) is 6.20 Å². The van der Waals surface area contributed by atoms with Crippen molar-refractivity contribution in [2.75, 3.05) is 13.6 Å². The molecule has 1 aliphatic rings. The van der Waals surface area contributed by atoms with Crippen LogP contribution in [0.15, 0.2) is 11.8 Å². The highest BCUT2D eigenvalue weighted by atomic mass is 35.5. The van der Waals surface area contributed by atoms with E-state index in [-0.39, 0.29) is 16.4 Å². The molecule has 0 N–H and O–H groups in total. The molecule has 0 saturated carbocycles. The monoisotopic (exact) mass is 245 g/mol. The van der Waals surface area contributed by atoms with Gasteiger partial charge in [0.1, 0.15) is 0 Å². The first-order valence-corrected chi connectivity index (χ1v) is 5.75. The van der Waals surface area contributed by atoms with E-state index in [1.54, 1.807) is 14.0 Å². The Morgan fingerprint density at radius 2 is 2.06 bits per heavy atom. The highest BCUT2D eigenvalue weighted by Crippen LogP contribution is 2.24. The molecule has 0 fully saturated rings. The van der Waals surface area contributed by atoms with Crippen LogP contribution in [-0.4, -0.2) is 34.4 Å². The summed E-state index contributed by atoms with van der Waals surface area (Å²) in [5.74, 6) is 0.135. The lowest BCUT2D eigenvalue weighted by molar-refractivity contribution is -0.757. The largest absolute Gasteiger partial charge is 0.445 e. The Labute approximate surface area is 101 Å². The van der Waals surface area contributed by atoms with Crippen LogP contribution in [0, 0.1) is 5.92 Å². The third kappa shape index (κ3) is 2.13. The number of nitrogens with zero attached hydrogens (tertiary/aromatic N) is 2. The number of quaternary nitrogens is 1. The number of carbonyl (C=O) groups excluding carboxylic acids is 2. The minimum absolute atomic E-state index is 0.165. The maximum Gasteiger partial charge on any atom is 0.445 e. The predicted molar refractivity (Wildman–Crippen MR) is 62.4 cm³/mol. The van der Waals surface area contributed by atoms with Crippen LogP contribution < -0.4 is 0 Å². The maximum atomic E-state index is 12.1. The van der Waals surface area contributed by atoms with Crippen LogP contribution in [0.3, 0.4) is 0 Å². The Kier molecular flexibility index (Phi) is 3.76. The molecule has 0 radical (unpaired) electrons. The zero-order valence-corrected chi connectivity index (χ0v) is 10.9. The smallest absolute Gasteiger partial charge is 0.225 e. The van der Waals surface area contributed by atoms with E-state index in [4.69, 9.17) is 11.8 Å². The Bertz CT molecular complexity index is 354. The molecule has 3 amide bonds. The van der Waals surface area contributed by atoms with Gasteiger partial charge in [-0.15, -0.1) is 0 Å². The standard InChI is InChI=1S/C11H18ClN2O2/c1-5-8(2)7-14(4)10(15)9(3)6-13(12)11(14)16/h6,8H,5,7H2,1-4H3/q+1. The summed E-state index contributed by atoms with van der Waals surface area (Å²) in [6.45, 7) is 6.23. The summed E-state index contributed by atoms with van der Waals surface area (Å²) in [4.78, 5) is 24.0. The lowest BCUT2D eigenvalue weighted by Gasteiger charge is -2.35. The molecule has 2 unspecified atom stereocenters. The number of halogens is 1. The van der Waals surface area contributed by atoms with Crippen LogP contribution in [0.4, 0.5) is 4.79 Å². The number of hydrogen-bond donors (Lipinski definition) is 0. The summed E-state index contributed by atoms with van der Waals surface area (Å²) >= 11 is 5.78. The first-order valence-electron chi connectivity index (χ1n) is 5.41. The molecule has 16 heavy (non-hydrogen) atoms. The Morgan fingerprint density at radius 1 is 1.50 bits per heavy atom. The molecule has 0 aliphatic carbocycles. The minimum Gasteiger partial charge on any atom is -0.225 e. The van der Waals surface area contributed by atoms with Crippen LogP contribution in [0.2, 0.25) is 0 Å². The van der Waals surface area contributed by atoms with E-state index in [0.29, 0.717) is 18.0 Å². The molecule has 4 nitrogen and oxygen atoms in total. The number of urea groups is 1. The van der Waals surface area contributed by atoms with Gasteiger partial charge in [-0.2, -0.15) is 8.90 Å². The van der Waals surface area contributed by atoms with Gasteiger partial charge in [0.15, 0.2) is 0 Å². The lowest BCUT2D eigenvalue weighted by Crippen LogP contribution is -2.60. The molecule has 1 rings (SSSR count). The first kappa shape index (κ1) is 13.2. The van der Waals surface area contributed by atoms with Crippen molar-refractivity contribution in [1.82, 2.24) is 4.42 Å². The zero-order chi connectivity index (χ0) is 12.5. The number of carbonyl (C=O) groups is 2. The van der Waals surface area contributed by atoms with Gasteiger partial charge in [0.05, 0.1) is 19.2 Å². The third-order valence-electron chi connectivity index (χ3n) is 3.07. The fourth-order valence-electron chi connectivity index (χ4n) is 1.88. The SMILES string of the molecule is CCC(C)C[N+]1(C)C(=O)C(C)=CN(Cl)C1=O. The topological polar surface area (TPSA) is 37.4 Å². The third-order valence-corrected chi connectivity index (χ3v) is 3.31. The van der Waals surface area contributed by atoms with Crippen LogP contribution in [0.5, 0.6) is 0 Å². The second kappa shape index (κ2) is 4.55. The van der Waals surface area contributed by atoms with Crippen LogP contribution in [0.25, 0.3) is 0 Å². The van der Waals surface area contributed by atoms with E-state index in [1.807, 2.05) is 13.8 Å². The van der Waals surface area contributed by atoms with Crippen molar-refractivity contribution in [3.05, 3.63) is 11.8 Å². The maximum absolute atomic E-state index is 12.1. The van der Waals surface area contributed by atoms with Gasteiger partial charge >= 0.3 is 11.9 Å². The Hall–Kier alpha value is -0.870. The molecule has 1 aliphatic heterocycles. The van der Waals surface area contributed by atoms with Gasteiger partial charge in [0.25, 0.3) is 0 Å². The molecule has 0 aromatic rings. The molecule has 0 aromatic heterocycles. The molecule has 0 spiro atoms. The number of imide groups is 1. The van der Waals surface area contributed by atoms with Crippen molar-refractivity contribution < 1.29 is 14.1 Å². The van der Waals surface area contributed by atoms with E-state index in [2.05, 4.69) is 0 Å². The molecular formula is C11H18ClN2O2+. The van der Waals surface area contributed by atoms with E-state index in [9.17, 15) is 9.59 Å². The number of amides is 3. The van der Waals surface area contributed by atoms with Crippen molar-refractivity contribution in [1.29, 1.82) is 0 Å². The summed E-state index contributed by atoms with van der Waals surface area (Å²) < 4.78 is 0.722. The van der Waals surface area contributed by atoms with Gasteiger partial charge in [0, 0.05) is 23.9 Å². The number of rotatable bonds is 3. The molecule has 2 atom stereocenters. The van der Waals surface area contributed by atoms with Gasteiger partial charge in [-0.05, 0) is 13.3 Å². The van der Waals surface area contributed by atoms with E-state index >= 15 is 0 Å². The summed E-state index contributed by atoms with van der Waals surface area (Å²) in [6.07, 6.45) is 2.31. The first-order chi connectivity index (χ1) is 7.32. The average molecular weight is 246 g/mol. The summed E-state index contributed by atoms with van der Waals surface area (Å²) in [5, 5.41) is 0. The number of likely N-dealkylation sites (N-methyl/N-ethyl adjacent to an activating group) is 1. The molecule has 0 aromatic carbocycles. The van der Waals surface area contributed by atoms with Crippen LogP contribution >= 0.6 is 11.8 Å². The van der Waals surface area contributed by atoms with E-state index < -0.39 is 0 Å². The van der Waals surface area contributed by atoms with Crippen molar-refractivity contribution in [2.24, 2.45) is 5.92 Å². The molecule has 1 heterocycles. The van der Waals surface area contributed by atoms with Gasteiger partial charge in [-0.1, -0.05) is 13.8 Å². The van der Waals surface area contributed by atoms with E-state index in [0.717, 1.165) is 10.8 Å². The Morgan fingerprint density at radius 3 is 2.56 bits per heavy atom. The molecular weight excluding hydrogens is 228 g/mol. The Balaban J connectivity index is 3.05. The summed E-state index contributed by atoms with van der Waals surface area (Å²) in [7, 11) is 1.63. The zero-order valence-electron chi connectivity index (χ0n) is 10.2. The van der Waals surface area contributed by atoms with Crippen molar-refractivity contribution >= 4 is 23.7 Å². The highest BCUT2D eigenvalue weighted by molar-refractivity contribution is 6.22.